The minimum absolute atomic E-state index is 0.0206. The number of ether oxygens (including phenoxy) is 1. The largest absolute Gasteiger partial charge is 0.463 e. The van der Waals surface area contributed by atoms with Crippen LogP contribution in [-0.2, 0) is 9.53 Å². The van der Waals surface area contributed by atoms with Crippen LogP contribution >= 0.6 is 0 Å². The first kappa shape index (κ1) is 12.1. The minimum atomic E-state index is -0.333. The molecule has 0 spiro atoms. The molecule has 0 aromatic carbocycles. The fourth-order valence-corrected chi connectivity index (χ4v) is 0.772. The summed E-state index contributed by atoms with van der Waals surface area (Å²) in [5.41, 5.74) is 5.45. The summed E-state index contributed by atoms with van der Waals surface area (Å²) >= 11 is 0. The highest BCUT2D eigenvalue weighted by Gasteiger charge is 1.97. The van der Waals surface area contributed by atoms with Gasteiger partial charge in [-0.15, -0.1) is 0 Å². The molecule has 0 saturated heterocycles. The molecule has 4 nitrogen and oxygen atoms in total. The summed E-state index contributed by atoms with van der Waals surface area (Å²) in [6.45, 7) is 2.12. The molecule has 0 aliphatic heterocycles. The van der Waals surface area contributed by atoms with Crippen LogP contribution in [0.4, 0.5) is 0 Å². The highest BCUT2D eigenvalue weighted by Crippen LogP contribution is 1.95. The molecule has 76 valence electrons. The number of aliphatic hydroxyl groups excluding tert-OH is 1. The lowest BCUT2D eigenvalue weighted by molar-refractivity contribution is -0.137. The van der Waals surface area contributed by atoms with Crippen LogP contribution in [0.3, 0.4) is 0 Å². The van der Waals surface area contributed by atoms with Crippen molar-refractivity contribution in [3.63, 3.8) is 0 Å². The number of hydrogen-bond donors (Lipinski definition) is 2. The quantitative estimate of drug-likeness (QED) is 0.460. The lowest BCUT2D eigenvalue weighted by Gasteiger charge is -2.03. The maximum absolute atomic E-state index is 10.8. The zero-order valence-electron chi connectivity index (χ0n) is 7.90. The van der Waals surface area contributed by atoms with Crippen LogP contribution in [0, 0.1) is 0 Å². The fourth-order valence-electron chi connectivity index (χ4n) is 0.772. The van der Waals surface area contributed by atoms with Gasteiger partial charge in [0, 0.05) is 12.1 Å². The van der Waals surface area contributed by atoms with Crippen LogP contribution in [0.5, 0.6) is 0 Å². The predicted molar refractivity (Wildman–Crippen MR) is 50.1 cm³/mol. The molecular weight excluding hydrogens is 170 g/mol. The van der Waals surface area contributed by atoms with E-state index in [9.17, 15) is 4.79 Å². The van der Waals surface area contributed by atoms with Crippen LogP contribution in [0.2, 0.25) is 0 Å². The van der Waals surface area contributed by atoms with Gasteiger partial charge in [-0.3, -0.25) is 0 Å². The number of rotatable bonds is 6. The van der Waals surface area contributed by atoms with Crippen molar-refractivity contribution < 1.29 is 14.6 Å². The highest BCUT2D eigenvalue weighted by atomic mass is 16.5. The van der Waals surface area contributed by atoms with Gasteiger partial charge in [0.1, 0.15) is 0 Å². The molecule has 0 aromatic rings. The summed E-state index contributed by atoms with van der Waals surface area (Å²) in [7, 11) is 0. The van der Waals surface area contributed by atoms with Gasteiger partial charge in [-0.1, -0.05) is 6.08 Å². The van der Waals surface area contributed by atoms with Crippen LogP contribution in [-0.4, -0.2) is 30.3 Å². The van der Waals surface area contributed by atoms with E-state index in [1.54, 1.807) is 13.0 Å². The second-order valence-corrected chi connectivity index (χ2v) is 2.67. The van der Waals surface area contributed by atoms with Gasteiger partial charge in [0.05, 0.1) is 13.2 Å². The summed E-state index contributed by atoms with van der Waals surface area (Å²) < 4.78 is 4.67. The lowest BCUT2D eigenvalue weighted by atomic mass is 10.2. The molecule has 1 unspecified atom stereocenters. The van der Waals surface area contributed by atoms with Crippen molar-refractivity contribution >= 4 is 5.97 Å². The van der Waals surface area contributed by atoms with Gasteiger partial charge in [0.25, 0.3) is 0 Å². The van der Waals surface area contributed by atoms with E-state index in [-0.39, 0.29) is 18.6 Å². The Kier molecular flexibility index (Phi) is 7.24. The zero-order chi connectivity index (χ0) is 10.1. The molecule has 13 heavy (non-hydrogen) atoms. The van der Waals surface area contributed by atoms with Gasteiger partial charge in [0.2, 0.25) is 0 Å². The minimum Gasteiger partial charge on any atom is -0.463 e. The molecule has 0 rings (SSSR count). The number of esters is 1. The fraction of sp³-hybridized carbons (Fsp3) is 0.667. The van der Waals surface area contributed by atoms with Gasteiger partial charge in [-0.25, -0.2) is 4.79 Å². The Bertz CT molecular complexity index is 168. The molecule has 0 radical (unpaired) electrons. The monoisotopic (exact) mass is 187 g/mol. The Morgan fingerprint density at radius 3 is 2.92 bits per heavy atom. The second kappa shape index (κ2) is 7.76. The number of carbonyl (C=O) groups excluding carboxylic acids is 1. The Labute approximate surface area is 78.4 Å². The van der Waals surface area contributed by atoms with Crippen LogP contribution in [0.25, 0.3) is 0 Å². The second-order valence-electron chi connectivity index (χ2n) is 2.67. The van der Waals surface area contributed by atoms with Gasteiger partial charge >= 0.3 is 5.97 Å². The molecule has 0 heterocycles. The lowest BCUT2D eigenvalue weighted by Crippen LogP contribution is -2.23. The number of aliphatic hydroxyl groups is 1. The van der Waals surface area contributed by atoms with Crippen molar-refractivity contribution in [2.75, 3.05) is 13.2 Å². The van der Waals surface area contributed by atoms with Gasteiger partial charge < -0.3 is 15.6 Å². The summed E-state index contributed by atoms with van der Waals surface area (Å²) in [5, 5.41) is 8.59. The molecule has 0 aromatic heterocycles. The number of hydrogen-bond acceptors (Lipinski definition) is 4. The normalized spacial score (nSPS) is 13.2. The number of nitrogens with two attached hydrogens (primary N) is 1. The summed E-state index contributed by atoms with van der Waals surface area (Å²) in [6.07, 6.45) is 4.44. The van der Waals surface area contributed by atoms with Crippen molar-refractivity contribution in [2.45, 2.75) is 25.8 Å². The molecular formula is C9H17NO3. The van der Waals surface area contributed by atoms with Crippen LogP contribution in [0.15, 0.2) is 12.2 Å². The predicted octanol–water partition coefficient (Wildman–Crippen LogP) is 0.205. The summed E-state index contributed by atoms with van der Waals surface area (Å²) in [5.74, 6) is -0.333. The average molecular weight is 187 g/mol. The Hall–Kier alpha value is -0.870. The third-order valence-corrected chi connectivity index (χ3v) is 1.48. The summed E-state index contributed by atoms with van der Waals surface area (Å²) in [6, 6.07) is -0.202. The van der Waals surface area contributed by atoms with Crippen molar-refractivity contribution in [1.29, 1.82) is 0 Å². The molecule has 1 atom stereocenters. The Morgan fingerprint density at radius 2 is 2.38 bits per heavy atom. The third-order valence-electron chi connectivity index (χ3n) is 1.48. The van der Waals surface area contributed by atoms with E-state index >= 15 is 0 Å². The molecule has 4 heteroatoms. The van der Waals surface area contributed by atoms with Crippen molar-refractivity contribution in [3.8, 4) is 0 Å². The zero-order valence-corrected chi connectivity index (χ0v) is 7.90. The van der Waals surface area contributed by atoms with E-state index in [1.165, 1.54) is 6.08 Å². The van der Waals surface area contributed by atoms with E-state index in [0.29, 0.717) is 19.4 Å². The Balaban J connectivity index is 3.46. The molecule has 0 aliphatic carbocycles. The van der Waals surface area contributed by atoms with Gasteiger partial charge in [-0.05, 0) is 19.8 Å². The maximum atomic E-state index is 10.8. The molecule has 0 aliphatic rings. The molecule has 0 bridgehead atoms. The van der Waals surface area contributed by atoms with E-state index in [4.69, 9.17) is 10.8 Å². The van der Waals surface area contributed by atoms with Crippen LogP contribution in [0.1, 0.15) is 19.8 Å². The third kappa shape index (κ3) is 7.49. The van der Waals surface area contributed by atoms with Crippen LogP contribution < -0.4 is 5.73 Å². The van der Waals surface area contributed by atoms with E-state index < -0.39 is 0 Å². The first-order chi connectivity index (χ1) is 6.20. The van der Waals surface area contributed by atoms with Crippen molar-refractivity contribution in [3.05, 3.63) is 12.2 Å². The number of allylic oxidation sites excluding steroid dienone is 1. The SMILES string of the molecule is CCOC(=O)C=CCCC(N)CO. The molecule has 0 fully saturated rings. The summed E-state index contributed by atoms with van der Waals surface area (Å²) in [4.78, 5) is 10.8. The highest BCUT2D eigenvalue weighted by molar-refractivity contribution is 5.81. The standard InChI is InChI=1S/C9H17NO3/c1-2-13-9(12)6-4-3-5-8(10)7-11/h4,6,8,11H,2-3,5,7,10H2,1H3. The Morgan fingerprint density at radius 1 is 1.69 bits per heavy atom. The van der Waals surface area contributed by atoms with Crippen molar-refractivity contribution in [2.24, 2.45) is 5.73 Å². The van der Waals surface area contributed by atoms with E-state index in [0.717, 1.165) is 0 Å². The van der Waals surface area contributed by atoms with Crippen molar-refractivity contribution in [1.82, 2.24) is 0 Å². The molecule has 3 N–H and O–H groups in total. The van der Waals surface area contributed by atoms with Gasteiger partial charge in [-0.2, -0.15) is 0 Å². The smallest absolute Gasteiger partial charge is 0.330 e. The maximum Gasteiger partial charge on any atom is 0.330 e. The molecule has 0 amide bonds. The van der Waals surface area contributed by atoms with E-state index in [2.05, 4.69) is 4.74 Å². The first-order valence-corrected chi connectivity index (χ1v) is 4.40. The molecule has 0 saturated carbocycles. The first-order valence-electron chi connectivity index (χ1n) is 4.40. The average Bonchev–Trinajstić information content (AvgIpc) is 2.12. The van der Waals surface area contributed by atoms with Gasteiger partial charge in [0.15, 0.2) is 0 Å². The topological polar surface area (TPSA) is 72.5 Å². The number of carbonyl (C=O) groups is 1. The van der Waals surface area contributed by atoms with E-state index in [1.807, 2.05) is 0 Å².